The van der Waals surface area contributed by atoms with Crippen LogP contribution in [0.4, 0.5) is 0 Å². The van der Waals surface area contributed by atoms with Gasteiger partial charge in [-0.15, -0.1) is 0 Å². The van der Waals surface area contributed by atoms with Crippen LogP contribution in [0.3, 0.4) is 0 Å². The summed E-state index contributed by atoms with van der Waals surface area (Å²) in [6, 6.07) is 22.5. The summed E-state index contributed by atoms with van der Waals surface area (Å²) in [7, 11) is 1.45. The van der Waals surface area contributed by atoms with Gasteiger partial charge in [-0.05, 0) is 67.6 Å². The number of ether oxygens (including phenoxy) is 3. The van der Waals surface area contributed by atoms with Crippen molar-refractivity contribution in [3.8, 4) is 28.4 Å². The van der Waals surface area contributed by atoms with Crippen LogP contribution >= 0.6 is 39.1 Å². The highest BCUT2D eigenvalue weighted by Crippen LogP contribution is 2.38. The van der Waals surface area contributed by atoms with Crippen LogP contribution < -0.4 is 19.6 Å². The third-order valence-electron chi connectivity index (χ3n) is 6.38. The lowest BCUT2D eigenvalue weighted by Gasteiger charge is -2.11. The van der Waals surface area contributed by atoms with Crippen molar-refractivity contribution in [2.75, 3.05) is 13.7 Å². The van der Waals surface area contributed by atoms with E-state index in [1.807, 2.05) is 43.3 Å². The zero-order chi connectivity index (χ0) is 30.5. The normalized spacial score (nSPS) is 11.1. The van der Waals surface area contributed by atoms with Gasteiger partial charge < -0.3 is 19.2 Å². The lowest BCUT2D eigenvalue weighted by molar-refractivity contribution is 0.0730. The largest absolute Gasteiger partial charge is 0.496 e. The van der Waals surface area contributed by atoms with Crippen LogP contribution in [-0.4, -0.2) is 36.8 Å². The van der Waals surface area contributed by atoms with E-state index in [0.29, 0.717) is 49.3 Å². The van der Waals surface area contributed by atoms with Gasteiger partial charge in [-0.3, -0.25) is 4.79 Å². The number of aromatic nitrogens is 1. The Morgan fingerprint density at radius 3 is 2.56 bits per heavy atom. The van der Waals surface area contributed by atoms with Gasteiger partial charge in [0.15, 0.2) is 0 Å². The number of nitrogens with one attached hydrogen (secondary N) is 2. The Labute approximate surface area is 265 Å². The Hall–Kier alpha value is -4.31. The van der Waals surface area contributed by atoms with Gasteiger partial charge in [0, 0.05) is 42.1 Å². The lowest BCUT2D eigenvalue weighted by Crippen LogP contribution is -2.19. The van der Waals surface area contributed by atoms with Crippen molar-refractivity contribution < 1.29 is 23.8 Å². The number of benzene rings is 4. The number of amides is 1. The molecule has 0 aliphatic carbocycles. The number of H-pyrrole nitrogens is 1. The van der Waals surface area contributed by atoms with Crippen molar-refractivity contribution in [3.63, 3.8) is 0 Å². The number of esters is 1. The summed E-state index contributed by atoms with van der Waals surface area (Å²) in [5.41, 5.74) is 5.43. The van der Waals surface area contributed by atoms with Crippen molar-refractivity contribution in [1.29, 1.82) is 0 Å². The van der Waals surface area contributed by atoms with Gasteiger partial charge in [0.2, 0.25) is 0 Å². The van der Waals surface area contributed by atoms with E-state index in [9.17, 15) is 9.59 Å². The van der Waals surface area contributed by atoms with E-state index in [4.69, 9.17) is 37.4 Å². The number of fused-ring (bicyclic) bond motifs is 1. The summed E-state index contributed by atoms with van der Waals surface area (Å²) < 4.78 is 17.3. The number of hydrazone groups is 1. The van der Waals surface area contributed by atoms with Gasteiger partial charge in [-0.1, -0.05) is 57.3 Å². The van der Waals surface area contributed by atoms with E-state index in [0.717, 1.165) is 10.9 Å². The second kappa shape index (κ2) is 13.3. The molecule has 8 nitrogen and oxygen atoms in total. The summed E-state index contributed by atoms with van der Waals surface area (Å²) in [6.07, 6.45) is 1.38. The minimum absolute atomic E-state index is 0.160. The average Bonchev–Trinajstić information content (AvgIpc) is 3.37. The summed E-state index contributed by atoms with van der Waals surface area (Å²) in [5, 5.41) is 5.77. The van der Waals surface area contributed by atoms with E-state index in [1.165, 1.54) is 19.4 Å². The number of nitrogens with zero attached hydrogens (tertiary/aromatic N) is 1. The van der Waals surface area contributed by atoms with Crippen molar-refractivity contribution in [3.05, 3.63) is 110 Å². The molecule has 0 aliphatic heterocycles. The number of carbonyl (C=O) groups excluding carboxylic acids is 2. The molecule has 1 aromatic heterocycles. The average molecular weight is 681 g/mol. The first-order chi connectivity index (χ1) is 20.8. The maximum atomic E-state index is 13.5. The smallest absolute Gasteiger partial charge is 0.347 e. The third-order valence-corrected chi connectivity index (χ3v) is 7.43. The summed E-state index contributed by atoms with van der Waals surface area (Å²) in [4.78, 5) is 29.7. The van der Waals surface area contributed by atoms with Crippen LogP contribution in [0.2, 0.25) is 10.0 Å². The molecule has 0 bridgehead atoms. The fourth-order valence-electron chi connectivity index (χ4n) is 4.47. The second-order valence-electron chi connectivity index (χ2n) is 9.11. The second-order valence-corrected chi connectivity index (χ2v) is 10.9. The number of methoxy groups -OCH3 is 1. The number of aromatic amines is 1. The molecule has 0 atom stereocenters. The standard InChI is InChI=1S/C32H24BrCl2N3O5/c1-3-42-21-10-11-26-23(16-21)29(22-6-4-5-7-25(22)35)30(37-26)31(39)38-36-17-18-14-19(33)8-12-27(18)43-32(40)24-15-20(34)9-13-28(24)41-2/h4-17,37H,3H2,1-2H3,(H,38,39). The predicted octanol–water partition coefficient (Wildman–Crippen LogP) is 8.29. The number of carbonyl (C=O) groups is 2. The zero-order valence-corrected chi connectivity index (χ0v) is 26.0. The van der Waals surface area contributed by atoms with Gasteiger partial charge in [-0.2, -0.15) is 5.10 Å². The quantitative estimate of drug-likeness (QED) is 0.0706. The van der Waals surface area contributed by atoms with Crippen LogP contribution in [0.5, 0.6) is 17.2 Å². The zero-order valence-electron chi connectivity index (χ0n) is 22.9. The van der Waals surface area contributed by atoms with Crippen LogP contribution in [0.1, 0.15) is 33.3 Å². The molecule has 0 fully saturated rings. The maximum absolute atomic E-state index is 13.5. The van der Waals surface area contributed by atoms with E-state index < -0.39 is 11.9 Å². The molecule has 4 aromatic carbocycles. The minimum atomic E-state index is -0.672. The van der Waals surface area contributed by atoms with Crippen molar-refractivity contribution >= 4 is 68.1 Å². The molecule has 0 spiro atoms. The maximum Gasteiger partial charge on any atom is 0.347 e. The molecule has 0 saturated carbocycles. The third kappa shape index (κ3) is 6.69. The number of hydrogen-bond donors (Lipinski definition) is 2. The van der Waals surface area contributed by atoms with Gasteiger partial charge in [-0.25, -0.2) is 10.2 Å². The molecule has 0 unspecified atom stereocenters. The molecule has 1 heterocycles. The highest BCUT2D eigenvalue weighted by atomic mass is 79.9. The van der Waals surface area contributed by atoms with E-state index in [1.54, 1.807) is 36.4 Å². The number of hydrogen-bond acceptors (Lipinski definition) is 6. The van der Waals surface area contributed by atoms with Crippen molar-refractivity contribution in [2.45, 2.75) is 6.92 Å². The SMILES string of the molecule is CCOc1ccc2[nH]c(C(=O)NN=Cc3cc(Br)ccc3OC(=O)c3cc(Cl)ccc3OC)c(-c3ccccc3Cl)c2c1. The fraction of sp³-hybridized carbons (Fsp3) is 0.0938. The highest BCUT2D eigenvalue weighted by molar-refractivity contribution is 9.10. The van der Waals surface area contributed by atoms with Crippen molar-refractivity contribution in [1.82, 2.24) is 10.4 Å². The summed E-state index contributed by atoms with van der Waals surface area (Å²) in [6.45, 7) is 2.40. The molecule has 0 aliphatic rings. The predicted molar refractivity (Wildman–Crippen MR) is 172 cm³/mol. The Morgan fingerprint density at radius 1 is 1.00 bits per heavy atom. The highest BCUT2D eigenvalue weighted by Gasteiger charge is 2.22. The van der Waals surface area contributed by atoms with E-state index in [-0.39, 0.29) is 17.0 Å². The van der Waals surface area contributed by atoms with Gasteiger partial charge in [0.05, 0.1) is 19.9 Å². The first-order valence-electron chi connectivity index (χ1n) is 13.0. The molecular formula is C32H24BrCl2N3O5. The molecule has 0 saturated heterocycles. The molecule has 11 heteroatoms. The van der Waals surface area contributed by atoms with Gasteiger partial charge >= 0.3 is 5.97 Å². The molecule has 5 rings (SSSR count). The molecule has 0 radical (unpaired) electrons. The van der Waals surface area contributed by atoms with Gasteiger partial charge in [0.25, 0.3) is 5.91 Å². The Kier molecular flexibility index (Phi) is 9.35. The Morgan fingerprint density at radius 2 is 1.79 bits per heavy atom. The first-order valence-corrected chi connectivity index (χ1v) is 14.6. The molecule has 43 heavy (non-hydrogen) atoms. The Balaban J connectivity index is 1.44. The topological polar surface area (TPSA) is 102 Å². The molecule has 218 valence electrons. The van der Waals surface area contributed by atoms with Crippen molar-refractivity contribution in [2.24, 2.45) is 5.10 Å². The molecule has 5 aromatic rings. The number of rotatable bonds is 9. The lowest BCUT2D eigenvalue weighted by atomic mass is 10.0. The van der Waals surface area contributed by atoms with Crippen LogP contribution in [-0.2, 0) is 0 Å². The minimum Gasteiger partial charge on any atom is -0.496 e. The number of halogens is 3. The summed E-state index contributed by atoms with van der Waals surface area (Å²) in [5.74, 6) is 0.0141. The van der Waals surface area contributed by atoms with Crippen LogP contribution in [0.25, 0.3) is 22.0 Å². The van der Waals surface area contributed by atoms with E-state index in [2.05, 4.69) is 31.4 Å². The Bertz CT molecular complexity index is 1870. The summed E-state index contributed by atoms with van der Waals surface area (Å²) >= 11 is 16.1. The van der Waals surface area contributed by atoms with Crippen LogP contribution in [0, 0.1) is 0 Å². The molecule has 2 N–H and O–H groups in total. The monoisotopic (exact) mass is 679 g/mol. The van der Waals surface area contributed by atoms with E-state index >= 15 is 0 Å². The van der Waals surface area contributed by atoms with Crippen LogP contribution in [0.15, 0.2) is 88.4 Å². The van der Waals surface area contributed by atoms with Gasteiger partial charge in [0.1, 0.15) is 28.5 Å². The molecule has 1 amide bonds. The fourth-order valence-corrected chi connectivity index (χ4v) is 5.25. The molecular weight excluding hydrogens is 657 g/mol. The first kappa shape index (κ1) is 30.2.